The Hall–Kier alpha value is -1.43. The van der Waals surface area contributed by atoms with Crippen molar-refractivity contribution in [2.24, 2.45) is 0 Å². The topological polar surface area (TPSA) is 93.1 Å². The number of nitriles is 1. The first-order chi connectivity index (χ1) is 8.14. The van der Waals surface area contributed by atoms with Crippen LogP contribution in [0.3, 0.4) is 0 Å². The van der Waals surface area contributed by atoms with Gasteiger partial charge >= 0.3 is 0 Å². The summed E-state index contributed by atoms with van der Waals surface area (Å²) < 4.78 is 25.6. The Balaban J connectivity index is 2.04. The van der Waals surface area contributed by atoms with Crippen LogP contribution in [0.25, 0.3) is 0 Å². The molecule has 0 aliphatic carbocycles. The average Bonchev–Trinajstić information content (AvgIpc) is 2.84. The summed E-state index contributed by atoms with van der Waals surface area (Å²) in [5.74, 6) is 0. The van der Waals surface area contributed by atoms with Crippen molar-refractivity contribution in [3.63, 3.8) is 0 Å². The van der Waals surface area contributed by atoms with Crippen LogP contribution in [0.15, 0.2) is 17.3 Å². The van der Waals surface area contributed by atoms with Crippen molar-refractivity contribution in [2.45, 2.75) is 5.03 Å². The number of hydrogen-bond donors (Lipinski definition) is 1. The third-order valence-corrected chi connectivity index (χ3v) is 4.55. The van der Waals surface area contributed by atoms with Gasteiger partial charge in [0.15, 0.2) is 5.03 Å². The van der Waals surface area contributed by atoms with Gasteiger partial charge in [-0.3, -0.25) is 10.00 Å². The Labute approximate surface area is 99.7 Å². The Morgan fingerprint density at radius 1 is 1.41 bits per heavy atom. The standard InChI is InChI=1S/C9H13N5O2S/c10-2-4-13-5-7-14(8-6-13)17(15,16)9-1-3-11-12-9/h1,3H,4-8H2,(H,11,12). The number of rotatable bonds is 3. The van der Waals surface area contributed by atoms with Crippen LogP contribution < -0.4 is 0 Å². The number of piperazine rings is 1. The molecule has 2 heterocycles. The number of H-pyrrole nitrogens is 1. The van der Waals surface area contributed by atoms with Crippen molar-refractivity contribution in [1.82, 2.24) is 19.4 Å². The van der Waals surface area contributed by atoms with E-state index >= 15 is 0 Å². The highest BCUT2D eigenvalue weighted by Gasteiger charge is 2.29. The minimum atomic E-state index is -3.45. The fraction of sp³-hybridized carbons (Fsp3) is 0.556. The molecule has 1 fully saturated rings. The minimum Gasteiger partial charge on any atom is -0.288 e. The summed E-state index contributed by atoms with van der Waals surface area (Å²) in [5, 5.41) is 14.8. The summed E-state index contributed by atoms with van der Waals surface area (Å²) >= 11 is 0. The molecule has 8 heteroatoms. The first-order valence-electron chi connectivity index (χ1n) is 5.23. The van der Waals surface area contributed by atoms with E-state index < -0.39 is 10.0 Å². The molecule has 1 aromatic heterocycles. The maximum Gasteiger partial charge on any atom is 0.260 e. The predicted molar refractivity (Wildman–Crippen MR) is 59.4 cm³/mol. The van der Waals surface area contributed by atoms with E-state index in [9.17, 15) is 8.42 Å². The van der Waals surface area contributed by atoms with E-state index in [4.69, 9.17) is 5.26 Å². The Morgan fingerprint density at radius 2 is 2.12 bits per heavy atom. The minimum absolute atomic E-state index is 0.117. The van der Waals surface area contributed by atoms with Crippen molar-refractivity contribution in [2.75, 3.05) is 32.7 Å². The van der Waals surface area contributed by atoms with Crippen molar-refractivity contribution < 1.29 is 8.42 Å². The largest absolute Gasteiger partial charge is 0.288 e. The van der Waals surface area contributed by atoms with Gasteiger partial charge in [-0.05, 0) is 6.07 Å². The molecule has 1 N–H and O–H groups in total. The molecular weight excluding hydrogens is 242 g/mol. The van der Waals surface area contributed by atoms with Crippen molar-refractivity contribution >= 4 is 10.0 Å². The third-order valence-electron chi connectivity index (χ3n) is 2.72. The van der Waals surface area contributed by atoms with Crippen molar-refractivity contribution in [3.05, 3.63) is 12.3 Å². The van der Waals surface area contributed by atoms with Crippen LogP contribution in [0.5, 0.6) is 0 Å². The summed E-state index contributed by atoms with van der Waals surface area (Å²) in [6, 6.07) is 3.50. The Bertz CT molecular complexity index is 496. The highest BCUT2D eigenvalue weighted by Crippen LogP contribution is 2.14. The van der Waals surface area contributed by atoms with Crippen LogP contribution in [-0.4, -0.2) is 60.5 Å². The summed E-state index contributed by atoms with van der Waals surface area (Å²) in [6.07, 6.45) is 1.42. The Kier molecular flexibility index (Phi) is 3.42. The molecule has 17 heavy (non-hydrogen) atoms. The first kappa shape index (κ1) is 12.0. The molecule has 0 saturated carbocycles. The smallest absolute Gasteiger partial charge is 0.260 e. The van der Waals surface area contributed by atoms with Gasteiger partial charge in [0.1, 0.15) is 0 Å². The molecule has 7 nitrogen and oxygen atoms in total. The number of aromatic nitrogens is 2. The zero-order chi connectivity index (χ0) is 12.3. The van der Waals surface area contributed by atoms with Gasteiger partial charge in [0, 0.05) is 26.2 Å². The second-order valence-corrected chi connectivity index (χ2v) is 5.67. The van der Waals surface area contributed by atoms with Crippen molar-refractivity contribution in [3.8, 4) is 6.07 Å². The molecule has 2 rings (SSSR count). The summed E-state index contributed by atoms with van der Waals surface area (Å²) in [4.78, 5) is 1.93. The lowest BCUT2D eigenvalue weighted by molar-refractivity contribution is 0.206. The molecule has 0 radical (unpaired) electrons. The van der Waals surface area contributed by atoms with Gasteiger partial charge in [-0.1, -0.05) is 0 Å². The second-order valence-electron chi connectivity index (χ2n) is 3.76. The van der Waals surface area contributed by atoms with E-state index in [1.807, 2.05) is 4.90 Å². The summed E-state index contributed by atoms with van der Waals surface area (Å²) in [7, 11) is -3.45. The molecule has 0 unspecified atom stereocenters. The number of nitrogens with one attached hydrogen (secondary N) is 1. The first-order valence-corrected chi connectivity index (χ1v) is 6.67. The highest BCUT2D eigenvalue weighted by atomic mass is 32.2. The second kappa shape index (κ2) is 4.83. The molecule has 0 bridgehead atoms. The number of hydrogen-bond acceptors (Lipinski definition) is 5. The van der Waals surface area contributed by atoms with Gasteiger partial charge in [-0.25, -0.2) is 8.42 Å². The zero-order valence-electron chi connectivity index (χ0n) is 9.20. The third kappa shape index (κ3) is 2.46. The van der Waals surface area contributed by atoms with Gasteiger partial charge in [0.2, 0.25) is 0 Å². The predicted octanol–water partition coefficient (Wildman–Crippen LogP) is -0.760. The summed E-state index contributed by atoms with van der Waals surface area (Å²) in [6.45, 7) is 2.33. The number of aromatic amines is 1. The molecular formula is C9H13N5O2S. The van der Waals surface area contributed by atoms with Crippen LogP contribution in [0.1, 0.15) is 0 Å². The lowest BCUT2D eigenvalue weighted by Gasteiger charge is -2.32. The molecule has 1 aliphatic rings. The molecule has 0 spiro atoms. The average molecular weight is 255 g/mol. The van der Waals surface area contributed by atoms with Gasteiger partial charge in [-0.2, -0.15) is 14.7 Å². The molecule has 0 atom stereocenters. The molecule has 0 amide bonds. The van der Waals surface area contributed by atoms with E-state index in [0.29, 0.717) is 32.7 Å². The van der Waals surface area contributed by atoms with Crippen LogP contribution in [0.2, 0.25) is 0 Å². The number of nitrogens with zero attached hydrogens (tertiary/aromatic N) is 4. The maximum atomic E-state index is 12.1. The monoisotopic (exact) mass is 255 g/mol. The van der Waals surface area contributed by atoms with Crippen LogP contribution >= 0.6 is 0 Å². The molecule has 92 valence electrons. The van der Waals surface area contributed by atoms with E-state index in [1.165, 1.54) is 16.6 Å². The van der Waals surface area contributed by atoms with Gasteiger partial charge < -0.3 is 0 Å². The van der Waals surface area contributed by atoms with E-state index in [-0.39, 0.29) is 5.03 Å². The fourth-order valence-electron chi connectivity index (χ4n) is 1.75. The maximum absolute atomic E-state index is 12.1. The quantitative estimate of drug-likeness (QED) is 0.717. The van der Waals surface area contributed by atoms with E-state index in [2.05, 4.69) is 16.3 Å². The van der Waals surface area contributed by atoms with Gasteiger partial charge in [0.05, 0.1) is 18.8 Å². The SMILES string of the molecule is N#CCN1CCN(S(=O)(=O)c2ccn[nH]2)CC1. The van der Waals surface area contributed by atoms with Crippen LogP contribution in [-0.2, 0) is 10.0 Å². The fourth-order valence-corrected chi connectivity index (χ4v) is 3.08. The lowest BCUT2D eigenvalue weighted by Crippen LogP contribution is -2.48. The highest BCUT2D eigenvalue weighted by molar-refractivity contribution is 7.89. The lowest BCUT2D eigenvalue weighted by atomic mass is 10.4. The summed E-state index contributed by atoms with van der Waals surface area (Å²) in [5.41, 5.74) is 0. The molecule has 1 aromatic rings. The van der Waals surface area contributed by atoms with E-state index in [1.54, 1.807) is 0 Å². The molecule has 0 aromatic carbocycles. The molecule has 1 aliphatic heterocycles. The van der Waals surface area contributed by atoms with Gasteiger partial charge in [-0.15, -0.1) is 0 Å². The number of sulfonamides is 1. The van der Waals surface area contributed by atoms with Gasteiger partial charge in [0.25, 0.3) is 10.0 Å². The van der Waals surface area contributed by atoms with Crippen LogP contribution in [0.4, 0.5) is 0 Å². The molecule has 1 saturated heterocycles. The normalized spacial score (nSPS) is 19.0. The van der Waals surface area contributed by atoms with E-state index in [0.717, 1.165) is 0 Å². The zero-order valence-corrected chi connectivity index (χ0v) is 10.0. The van der Waals surface area contributed by atoms with Crippen LogP contribution in [0, 0.1) is 11.3 Å². The Morgan fingerprint density at radius 3 is 2.65 bits per heavy atom. The van der Waals surface area contributed by atoms with Crippen molar-refractivity contribution in [1.29, 1.82) is 5.26 Å².